The molecule has 0 aliphatic carbocycles. The Morgan fingerprint density at radius 1 is 1.18 bits per heavy atom. The van der Waals surface area contributed by atoms with E-state index in [2.05, 4.69) is 47.9 Å². The van der Waals surface area contributed by atoms with Gasteiger partial charge in [0.1, 0.15) is 0 Å². The van der Waals surface area contributed by atoms with Crippen molar-refractivity contribution in [2.75, 3.05) is 32.8 Å². The highest BCUT2D eigenvalue weighted by atomic mass is 16.5. The predicted octanol–water partition coefficient (Wildman–Crippen LogP) is 1.93. The Hall–Kier alpha value is -1.30. The maximum atomic E-state index is 5.30. The molecular formula is C15H19NO. The Morgan fingerprint density at radius 3 is 2.53 bits per heavy atom. The molecule has 1 aromatic rings. The van der Waals surface area contributed by atoms with Gasteiger partial charge in [0.2, 0.25) is 0 Å². The third-order valence-electron chi connectivity index (χ3n) is 3.00. The van der Waals surface area contributed by atoms with E-state index < -0.39 is 0 Å². The van der Waals surface area contributed by atoms with E-state index in [0.29, 0.717) is 0 Å². The summed E-state index contributed by atoms with van der Waals surface area (Å²) < 4.78 is 5.30. The van der Waals surface area contributed by atoms with E-state index >= 15 is 0 Å². The van der Waals surface area contributed by atoms with Gasteiger partial charge in [-0.25, -0.2) is 0 Å². The summed E-state index contributed by atoms with van der Waals surface area (Å²) in [4.78, 5) is 2.33. The minimum absolute atomic E-state index is 0.840. The molecule has 0 N–H and O–H groups in total. The molecule has 0 saturated carbocycles. The lowest BCUT2D eigenvalue weighted by Gasteiger charge is -2.24. The smallest absolute Gasteiger partial charge is 0.0606 e. The van der Waals surface area contributed by atoms with E-state index in [1.54, 1.807) is 0 Å². The van der Waals surface area contributed by atoms with Crippen molar-refractivity contribution in [1.29, 1.82) is 0 Å². The van der Waals surface area contributed by atoms with E-state index in [1.807, 2.05) is 0 Å². The first-order valence-electron chi connectivity index (χ1n) is 6.26. The molecule has 2 nitrogen and oxygen atoms in total. The van der Waals surface area contributed by atoms with Crippen LogP contribution in [0.1, 0.15) is 18.1 Å². The fraction of sp³-hybridized carbons (Fsp3) is 0.467. The molecule has 17 heavy (non-hydrogen) atoms. The highest BCUT2D eigenvalue weighted by Crippen LogP contribution is 2.03. The van der Waals surface area contributed by atoms with Crippen LogP contribution >= 0.6 is 0 Å². The molecule has 0 radical (unpaired) electrons. The van der Waals surface area contributed by atoms with Crippen LogP contribution in [0.4, 0.5) is 0 Å². The lowest BCUT2D eigenvalue weighted by atomic mass is 10.1. The first kappa shape index (κ1) is 12.2. The zero-order valence-electron chi connectivity index (χ0n) is 10.4. The molecule has 1 saturated heterocycles. The van der Waals surface area contributed by atoms with Crippen LogP contribution in [0.3, 0.4) is 0 Å². The van der Waals surface area contributed by atoms with Crippen LogP contribution < -0.4 is 0 Å². The molecule has 0 amide bonds. The largest absolute Gasteiger partial charge is 0.379 e. The Bertz CT molecular complexity index is 393. The van der Waals surface area contributed by atoms with Gasteiger partial charge in [-0.05, 0) is 24.1 Å². The lowest BCUT2D eigenvalue weighted by molar-refractivity contribution is 0.0443. The summed E-state index contributed by atoms with van der Waals surface area (Å²) in [6.07, 6.45) is 1.08. The molecule has 2 rings (SSSR count). The van der Waals surface area contributed by atoms with Gasteiger partial charge in [-0.1, -0.05) is 30.9 Å². The fourth-order valence-electron chi connectivity index (χ4n) is 1.84. The Morgan fingerprint density at radius 2 is 1.88 bits per heavy atom. The topological polar surface area (TPSA) is 12.5 Å². The summed E-state index contributed by atoms with van der Waals surface area (Å²) in [7, 11) is 0. The van der Waals surface area contributed by atoms with Crippen molar-refractivity contribution in [1.82, 2.24) is 4.90 Å². The zero-order chi connectivity index (χ0) is 11.9. The fourth-order valence-corrected chi connectivity index (χ4v) is 1.84. The molecule has 2 heteroatoms. The van der Waals surface area contributed by atoms with Crippen molar-refractivity contribution < 1.29 is 4.74 Å². The molecule has 0 bridgehead atoms. The molecular weight excluding hydrogens is 210 g/mol. The molecule has 1 aromatic carbocycles. The average molecular weight is 229 g/mol. The molecule has 0 atom stereocenters. The van der Waals surface area contributed by atoms with Crippen molar-refractivity contribution in [3.63, 3.8) is 0 Å². The molecule has 0 aromatic heterocycles. The van der Waals surface area contributed by atoms with E-state index in [0.717, 1.165) is 44.8 Å². The minimum Gasteiger partial charge on any atom is -0.379 e. The number of ether oxygens (including phenoxy) is 1. The van der Waals surface area contributed by atoms with E-state index in [4.69, 9.17) is 4.74 Å². The van der Waals surface area contributed by atoms with Gasteiger partial charge in [0.15, 0.2) is 0 Å². The van der Waals surface area contributed by atoms with Crippen LogP contribution in [0.2, 0.25) is 0 Å². The van der Waals surface area contributed by atoms with Crippen LogP contribution in [0.15, 0.2) is 24.3 Å². The van der Waals surface area contributed by atoms with Crippen molar-refractivity contribution >= 4 is 0 Å². The van der Waals surface area contributed by atoms with Gasteiger partial charge in [0, 0.05) is 18.7 Å². The van der Waals surface area contributed by atoms with Crippen LogP contribution in [-0.2, 0) is 11.2 Å². The summed E-state index contributed by atoms with van der Waals surface area (Å²) >= 11 is 0. The van der Waals surface area contributed by atoms with Gasteiger partial charge in [-0.2, -0.15) is 0 Å². The Balaban J connectivity index is 1.86. The van der Waals surface area contributed by atoms with Crippen molar-refractivity contribution in [3.8, 4) is 11.8 Å². The van der Waals surface area contributed by atoms with Gasteiger partial charge < -0.3 is 4.74 Å². The van der Waals surface area contributed by atoms with E-state index in [-0.39, 0.29) is 0 Å². The number of aryl methyl sites for hydroxylation is 1. The lowest BCUT2D eigenvalue weighted by Crippen LogP contribution is -2.36. The van der Waals surface area contributed by atoms with E-state index in [9.17, 15) is 0 Å². The van der Waals surface area contributed by atoms with Crippen molar-refractivity contribution in [3.05, 3.63) is 35.4 Å². The van der Waals surface area contributed by atoms with Crippen LogP contribution in [0.5, 0.6) is 0 Å². The Kier molecular flexibility index (Phi) is 4.61. The van der Waals surface area contributed by atoms with Crippen molar-refractivity contribution in [2.24, 2.45) is 0 Å². The second-order valence-electron chi connectivity index (χ2n) is 4.24. The minimum atomic E-state index is 0.840. The van der Waals surface area contributed by atoms with Gasteiger partial charge in [-0.15, -0.1) is 0 Å². The molecule has 0 unspecified atom stereocenters. The van der Waals surface area contributed by atoms with Crippen LogP contribution in [-0.4, -0.2) is 37.7 Å². The number of morpholine rings is 1. The van der Waals surface area contributed by atoms with Gasteiger partial charge in [-0.3, -0.25) is 4.90 Å². The van der Waals surface area contributed by atoms with E-state index in [1.165, 1.54) is 5.56 Å². The van der Waals surface area contributed by atoms with Crippen molar-refractivity contribution in [2.45, 2.75) is 13.3 Å². The average Bonchev–Trinajstić information content (AvgIpc) is 2.41. The van der Waals surface area contributed by atoms with Gasteiger partial charge in [0.25, 0.3) is 0 Å². The molecule has 90 valence electrons. The molecule has 1 aliphatic heterocycles. The standard InChI is InChI=1S/C15H19NO/c1-2-14-5-7-15(8-6-14)4-3-9-16-10-12-17-13-11-16/h5-8H,2,9-13H2,1H3. The van der Waals surface area contributed by atoms with Crippen LogP contribution in [0.25, 0.3) is 0 Å². The number of rotatable bonds is 2. The zero-order valence-corrected chi connectivity index (χ0v) is 10.4. The third-order valence-corrected chi connectivity index (χ3v) is 3.00. The highest BCUT2D eigenvalue weighted by molar-refractivity contribution is 5.36. The number of nitrogens with zero attached hydrogens (tertiary/aromatic N) is 1. The number of hydrogen-bond donors (Lipinski definition) is 0. The quantitative estimate of drug-likeness (QED) is 0.719. The highest BCUT2D eigenvalue weighted by Gasteiger charge is 2.07. The van der Waals surface area contributed by atoms with Gasteiger partial charge >= 0.3 is 0 Å². The Labute approximate surface area is 104 Å². The first-order valence-corrected chi connectivity index (χ1v) is 6.26. The summed E-state index contributed by atoms with van der Waals surface area (Å²) in [5.74, 6) is 6.44. The second-order valence-corrected chi connectivity index (χ2v) is 4.24. The summed E-state index contributed by atoms with van der Waals surface area (Å²) in [6.45, 7) is 6.70. The molecule has 1 fully saturated rings. The first-order chi connectivity index (χ1) is 8.38. The number of hydrogen-bond acceptors (Lipinski definition) is 2. The van der Waals surface area contributed by atoms with Crippen LogP contribution in [0, 0.1) is 11.8 Å². The maximum Gasteiger partial charge on any atom is 0.0606 e. The van der Waals surface area contributed by atoms with Gasteiger partial charge in [0.05, 0.1) is 19.8 Å². The molecule has 0 spiro atoms. The second kappa shape index (κ2) is 6.44. The molecule has 1 heterocycles. The summed E-state index contributed by atoms with van der Waals surface area (Å²) in [5, 5.41) is 0. The predicted molar refractivity (Wildman–Crippen MR) is 70.0 cm³/mol. The molecule has 1 aliphatic rings. The SMILES string of the molecule is CCc1ccc(C#CCN2CCOCC2)cc1. The normalized spacial score (nSPS) is 16.3. The third kappa shape index (κ3) is 3.89. The monoisotopic (exact) mass is 229 g/mol. The number of benzene rings is 1. The summed E-state index contributed by atoms with van der Waals surface area (Å²) in [5.41, 5.74) is 2.47. The summed E-state index contributed by atoms with van der Waals surface area (Å²) in [6, 6.07) is 8.51. The maximum absolute atomic E-state index is 5.30.